The van der Waals surface area contributed by atoms with Crippen LogP contribution in [0.15, 0.2) is 0 Å². The molecular weight excluding hydrogens is 685 g/mol. The van der Waals surface area contributed by atoms with Crippen LogP contribution in [-0.4, -0.2) is 128 Å². The van der Waals surface area contributed by atoms with Crippen molar-refractivity contribution in [3.05, 3.63) is 0 Å². The van der Waals surface area contributed by atoms with Gasteiger partial charge in [-0.15, -0.1) is 0 Å². The summed E-state index contributed by atoms with van der Waals surface area (Å²) in [6.45, 7) is 28.6. The summed E-state index contributed by atoms with van der Waals surface area (Å²) >= 11 is 0. The molecule has 0 unspecified atom stereocenters. The molecule has 1 N–H and O–H groups in total. The van der Waals surface area contributed by atoms with Crippen molar-refractivity contribution in [2.45, 2.75) is 106 Å². The van der Waals surface area contributed by atoms with Crippen molar-refractivity contribution < 1.29 is 57.9 Å². The SMILES string of the molecule is CCO[Si](OCC)(OCC)C(C([Si](C)(C)O)([Si](OCC)(OCC)OCC)[Si](OCC)(OCC)OCC)[Si](OCC)(OCC)OCC. The predicted octanol–water partition coefficient (Wildman–Crippen LogP) is 5.11. The molecule has 0 aliphatic carbocycles. The van der Waals surface area contributed by atoms with E-state index in [1.807, 2.05) is 96.2 Å². The zero-order valence-corrected chi connectivity index (χ0v) is 36.4. The van der Waals surface area contributed by atoms with Crippen molar-refractivity contribution in [2.75, 3.05) is 79.3 Å². The van der Waals surface area contributed by atoms with E-state index in [1.54, 1.807) is 0 Å². The second-order valence-corrected chi connectivity index (χ2v) is 27.1. The fourth-order valence-corrected chi connectivity index (χ4v) is 37.7. The minimum atomic E-state index is -4.33. The summed E-state index contributed by atoms with van der Waals surface area (Å²) in [5, 5.41) is -1.12. The Labute approximate surface area is 285 Å². The van der Waals surface area contributed by atoms with Crippen LogP contribution in [-0.2, 0) is 53.1 Å². The summed E-state index contributed by atoms with van der Waals surface area (Å²) in [5.41, 5.74) is 0. The van der Waals surface area contributed by atoms with Crippen molar-refractivity contribution in [1.29, 1.82) is 0 Å². The lowest BCUT2D eigenvalue weighted by atomic mass is 10.8. The highest BCUT2D eigenvalue weighted by Crippen LogP contribution is 2.68. The maximum Gasteiger partial charge on any atom is 0.511 e. The Morgan fingerprint density at radius 3 is 0.674 bits per heavy atom. The van der Waals surface area contributed by atoms with Crippen molar-refractivity contribution in [3.8, 4) is 0 Å². The lowest BCUT2D eigenvalue weighted by molar-refractivity contribution is -0.00683. The van der Waals surface area contributed by atoms with Crippen LogP contribution in [0, 0.1) is 0 Å². The fraction of sp³-hybridized carbons (Fsp3) is 1.00. The molecule has 0 aromatic heterocycles. The molecule has 0 atom stereocenters. The molecule has 0 aliphatic heterocycles. The number of hydrogen-bond acceptors (Lipinski definition) is 13. The second-order valence-electron chi connectivity index (χ2n) is 10.3. The molecule has 0 aromatic rings. The molecule has 0 saturated heterocycles. The average Bonchev–Trinajstić information content (AvgIpc) is 2.96. The van der Waals surface area contributed by atoms with Crippen LogP contribution in [0.4, 0.5) is 0 Å². The van der Waals surface area contributed by atoms with Crippen LogP contribution in [0.1, 0.15) is 83.1 Å². The summed E-state index contributed by atoms with van der Waals surface area (Å²) in [6, 6.07) is 0. The van der Waals surface area contributed by atoms with E-state index in [0.29, 0.717) is 0 Å². The summed E-state index contributed by atoms with van der Waals surface area (Å²) in [6.07, 6.45) is 0. The number of rotatable bonds is 30. The zero-order valence-electron chi connectivity index (χ0n) is 31.4. The van der Waals surface area contributed by atoms with Gasteiger partial charge in [0.2, 0.25) is 0 Å². The first-order valence-electron chi connectivity index (χ1n) is 17.2. The van der Waals surface area contributed by atoms with Gasteiger partial charge in [0, 0.05) is 79.3 Å². The minimum absolute atomic E-state index is 0.193. The molecule has 0 aliphatic rings. The highest BCUT2D eigenvalue weighted by atomic mass is 28.5. The van der Waals surface area contributed by atoms with E-state index >= 15 is 0 Å². The second kappa shape index (κ2) is 22.4. The first-order chi connectivity index (χ1) is 21.8. The van der Waals surface area contributed by atoms with Crippen molar-refractivity contribution in [3.63, 3.8) is 0 Å². The molecule has 46 heavy (non-hydrogen) atoms. The fourth-order valence-electron chi connectivity index (χ4n) is 6.42. The molecule has 0 saturated carbocycles. The third kappa shape index (κ3) is 9.66. The summed E-state index contributed by atoms with van der Waals surface area (Å²) in [5.74, 6) is 0. The highest BCUT2D eigenvalue weighted by Gasteiger charge is 2.93. The van der Waals surface area contributed by atoms with Gasteiger partial charge >= 0.3 is 35.2 Å². The molecule has 0 fully saturated rings. The van der Waals surface area contributed by atoms with E-state index in [4.69, 9.17) is 53.1 Å². The van der Waals surface area contributed by atoms with Crippen molar-refractivity contribution in [2.24, 2.45) is 0 Å². The number of hydrogen-bond donors (Lipinski definition) is 1. The molecule has 0 bridgehead atoms. The van der Waals surface area contributed by atoms with Gasteiger partial charge in [0.15, 0.2) is 8.32 Å². The van der Waals surface area contributed by atoms with Gasteiger partial charge in [-0.1, -0.05) is 0 Å². The van der Waals surface area contributed by atoms with E-state index in [9.17, 15) is 4.80 Å². The molecule has 13 nitrogen and oxygen atoms in total. The van der Waals surface area contributed by atoms with E-state index in [-0.39, 0.29) is 79.3 Å². The lowest BCUT2D eigenvalue weighted by Gasteiger charge is -2.61. The van der Waals surface area contributed by atoms with Crippen LogP contribution in [0.3, 0.4) is 0 Å². The van der Waals surface area contributed by atoms with Crippen LogP contribution >= 0.6 is 0 Å². The minimum Gasteiger partial charge on any atom is -0.432 e. The van der Waals surface area contributed by atoms with E-state index in [2.05, 4.69) is 0 Å². The van der Waals surface area contributed by atoms with E-state index < -0.39 is 53.0 Å². The van der Waals surface area contributed by atoms with Gasteiger partial charge in [-0.2, -0.15) is 0 Å². The smallest absolute Gasteiger partial charge is 0.432 e. The molecule has 0 rings (SSSR count). The van der Waals surface area contributed by atoms with E-state index in [0.717, 1.165) is 0 Å². The Kier molecular flexibility index (Phi) is 22.7. The van der Waals surface area contributed by atoms with Crippen LogP contribution in [0.2, 0.25) is 22.5 Å². The van der Waals surface area contributed by atoms with Crippen LogP contribution < -0.4 is 0 Å². The largest absolute Gasteiger partial charge is 0.511 e. The Balaban J connectivity index is 9.70. The summed E-state index contributed by atoms with van der Waals surface area (Å²) in [4.78, 5) is 13.3. The third-order valence-corrected chi connectivity index (χ3v) is 33.5. The molecular formula is C28H68O13Si5. The molecule has 0 amide bonds. The van der Waals surface area contributed by atoms with Crippen molar-refractivity contribution in [1.82, 2.24) is 0 Å². The van der Waals surface area contributed by atoms with Crippen LogP contribution in [0.25, 0.3) is 0 Å². The molecule has 18 heteroatoms. The highest BCUT2D eigenvalue weighted by molar-refractivity contribution is 7.09. The summed E-state index contributed by atoms with van der Waals surface area (Å²) in [7, 11) is -20.9. The first kappa shape index (κ1) is 46.6. The molecule has 0 heterocycles. The zero-order chi connectivity index (χ0) is 35.5. The normalized spacial score (nSPS) is 14.1. The van der Waals surface area contributed by atoms with Crippen molar-refractivity contribution >= 4 is 43.5 Å². The Morgan fingerprint density at radius 1 is 0.370 bits per heavy atom. The van der Waals surface area contributed by atoms with Crippen LogP contribution in [0.5, 0.6) is 0 Å². The predicted molar refractivity (Wildman–Crippen MR) is 189 cm³/mol. The molecule has 278 valence electrons. The monoisotopic (exact) mass is 752 g/mol. The van der Waals surface area contributed by atoms with Gasteiger partial charge < -0.3 is 57.9 Å². The Hall–Kier alpha value is 0.564. The Morgan fingerprint density at radius 2 is 0.543 bits per heavy atom. The van der Waals surface area contributed by atoms with Gasteiger partial charge in [0.05, 0.1) is 0 Å². The maximum atomic E-state index is 13.3. The molecule has 0 radical (unpaired) electrons. The maximum absolute atomic E-state index is 13.3. The third-order valence-electron chi connectivity index (χ3n) is 7.15. The topological polar surface area (TPSA) is 131 Å². The Bertz CT molecular complexity index is 673. The summed E-state index contributed by atoms with van der Waals surface area (Å²) < 4.78 is 80.2. The standard InChI is InChI=1S/C28H68O13Si5/c1-15-30-43(31-16-2,32-17-3)27(44(33-18-4,34-19-5)35-20-6)28(42(13,14)29,45(36-21-7,37-22-8)38-23-9)46(39-24-10,40-25-11)41-26-12/h27,29H,15-26H2,1-14H3. The first-order valence-corrected chi connectivity index (χ1v) is 27.2. The van der Waals surface area contributed by atoms with Gasteiger partial charge in [0.1, 0.15) is 9.45 Å². The van der Waals surface area contributed by atoms with Gasteiger partial charge in [-0.05, 0) is 96.2 Å². The van der Waals surface area contributed by atoms with E-state index in [1.165, 1.54) is 0 Å². The molecule has 0 aromatic carbocycles. The van der Waals surface area contributed by atoms with Gasteiger partial charge in [-0.25, -0.2) is 0 Å². The van der Waals surface area contributed by atoms with Gasteiger partial charge in [0.25, 0.3) is 0 Å². The molecule has 0 spiro atoms. The quantitative estimate of drug-likeness (QED) is 0.0978. The van der Waals surface area contributed by atoms with Gasteiger partial charge in [-0.3, -0.25) is 0 Å². The lowest BCUT2D eigenvalue weighted by Crippen LogP contribution is -2.85. The average molecular weight is 753 g/mol.